The Balaban J connectivity index is 1.76. The Labute approximate surface area is 373 Å². The average molecular weight is 885 g/mol. The number of ether oxygens (including phenoxy) is 5. The molecule has 3 heterocycles. The summed E-state index contributed by atoms with van der Waals surface area (Å²) in [6.07, 6.45) is 3.26. The van der Waals surface area contributed by atoms with Gasteiger partial charge in [0.2, 0.25) is 11.6 Å². The normalized spacial score (nSPS) is 29.8. The molecule has 0 aromatic heterocycles. The molecule has 15 heteroatoms. The third kappa shape index (κ3) is 9.76. The second kappa shape index (κ2) is 19.1. The Hall–Kier alpha value is -5.90. The molecule has 0 fully saturated rings. The molecule has 0 unspecified atom stereocenters. The van der Waals surface area contributed by atoms with Crippen molar-refractivity contribution in [3.63, 3.8) is 0 Å². The SMILES string of the molecule is CO[C@@H]1/C=C\O[C@]2(C)Oc3c(C)c(OC(=O)C(C)(C)C)c4c(c3C2=O)C(=O)C(Nc2ccc(C)cc2)=C(NC(=O)/C(C)=C\C=C/[C@@H](C)[C@@H](O)[C@H](C)[C@@H](O)[C@@H](C)[C@@H](OC(C)=O)[C@H]1C)C4=O. The minimum atomic E-state index is -2.15. The first-order chi connectivity index (χ1) is 29.8. The number of aryl methyl sites for hydroxylation is 1. The smallest absolute Gasteiger partial charge is 0.316 e. The molecule has 2 aromatic carbocycles. The van der Waals surface area contributed by atoms with Crippen molar-refractivity contribution in [1.82, 2.24) is 5.32 Å². The Kier molecular flexibility index (Phi) is 14.6. The number of hydrogen-bond acceptors (Lipinski definition) is 14. The Bertz CT molecular complexity index is 2350. The number of aliphatic hydroxyl groups excluding tert-OH is 2. The van der Waals surface area contributed by atoms with Crippen LogP contribution in [0.1, 0.15) is 111 Å². The van der Waals surface area contributed by atoms with Crippen LogP contribution in [0.15, 0.2) is 71.8 Å². The molecule has 4 aliphatic rings. The first kappa shape index (κ1) is 49.1. The number of benzene rings is 2. The molecule has 6 rings (SSSR count). The van der Waals surface area contributed by atoms with Crippen LogP contribution in [0, 0.1) is 42.9 Å². The number of rotatable bonds is 5. The standard InChI is InChI=1S/C49H60N2O13/c1-23-17-19-31(20-18-23)50-36-37-41(56)34-33(40(36)55)35-44(29(7)43(34)63-47(59)48(9,10)11)64-49(12,45(35)57)61-22-21-32(60-13)26(4)42(62-30(8)52)28(6)39(54)27(5)38(53)24(2)15-14-16-25(3)46(58)51-37/h14-22,24,26-28,32,38-39,42,50,53-54H,1-13H3,(H,51,58)/b15-14-,22-21-,25-16-/t24-,26+,27+,28-,32-,38-,39-,42+,49-/m1/s1. The fourth-order valence-corrected chi connectivity index (χ4v) is 7.95. The second-order valence-electron chi connectivity index (χ2n) is 18.2. The van der Waals surface area contributed by atoms with Crippen molar-refractivity contribution < 1.29 is 62.7 Å². The number of nitrogens with one attached hydrogen (secondary N) is 2. The number of esters is 2. The summed E-state index contributed by atoms with van der Waals surface area (Å²) in [4.78, 5) is 84.8. The predicted octanol–water partition coefficient (Wildman–Crippen LogP) is 6.62. The molecule has 4 N–H and O–H groups in total. The molecule has 64 heavy (non-hydrogen) atoms. The van der Waals surface area contributed by atoms with Gasteiger partial charge in [0, 0.05) is 61.5 Å². The molecule has 0 saturated heterocycles. The van der Waals surface area contributed by atoms with Crippen LogP contribution < -0.4 is 20.1 Å². The Morgan fingerprint density at radius 1 is 0.859 bits per heavy atom. The molecule has 5 bridgehead atoms. The summed E-state index contributed by atoms with van der Waals surface area (Å²) in [5.41, 5.74) is -1.68. The van der Waals surface area contributed by atoms with E-state index in [0.29, 0.717) is 5.69 Å². The molecular formula is C49H60N2O13. The number of ketones is 3. The highest BCUT2D eigenvalue weighted by Gasteiger charge is 2.53. The van der Waals surface area contributed by atoms with Crippen LogP contribution in [-0.4, -0.2) is 82.7 Å². The molecule has 9 atom stereocenters. The third-order valence-electron chi connectivity index (χ3n) is 12.1. The second-order valence-corrected chi connectivity index (χ2v) is 18.2. The first-order valence-corrected chi connectivity index (χ1v) is 21.3. The molecular weight excluding hydrogens is 825 g/mol. The van der Waals surface area contributed by atoms with Crippen LogP contribution in [0.5, 0.6) is 11.5 Å². The van der Waals surface area contributed by atoms with Crippen LogP contribution >= 0.6 is 0 Å². The van der Waals surface area contributed by atoms with Gasteiger partial charge in [0.05, 0.1) is 46.7 Å². The number of methoxy groups -OCH3 is 1. The minimum Gasteiger partial charge on any atom is -0.462 e. The highest BCUT2D eigenvalue weighted by Crippen LogP contribution is 2.49. The van der Waals surface area contributed by atoms with Gasteiger partial charge in [-0.05, 0) is 59.8 Å². The zero-order chi connectivity index (χ0) is 47.7. The van der Waals surface area contributed by atoms with Crippen LogP contribution in [0.3, 0.4) is 0 Å². The van der Waals surface area contributed by atoms with Crippen molar-refractivity contribution >= 4 is 40.9 Å². The molecule has 0 radical (unpaired) electrons. The summed E-state index contributed by atoms with van der Waals surface area (Å²) >= 11 is 0. The van der Waals surface area contributed by atoms with Crippen LogP contribution in [0.2, 0.25) is 0 Å². The number of allylic oxidation sites excluding steroid dienone is 4. The maximum atomic E-state index is 15.1. The molecule has 3 aliphatic heterocycles. The molecule has 0 saturated carbocycles. The van der Waals surface area contributed by atoms with E-state index in [1.165, 1.54) is 53.2 Å². The van der Waals surface area contributed by atoms with Gasteiger partial charge in [-0.2, -0.15) is 0 Å². The minimum absolute atomic E-state index is 0.0372. The number of fused-ring (bicyclic) bond motifs is 14. The molecule has 344 valence electrons. The lowest BCUT2D eigenvalue weighted by Gasteiger charge is -2.38. The fourth-order valence-electron chi connectivity index (χ4n) is 7.95. The van der Waals surface area contributed by atoms with Gasteiger partial charge in [0.15, 0.2) is 0 Å². The zero-order valence-electron chi connectivity index (χ0n) is 38.7. The number of aliphatic hydroxyl groups is 2. The largest absolute Gasteiger partial charge is 0.462 e. The lowest BCUT2D eigenvalue weighted by molar-refractivity contribution is -0.160. The molecule has 0 spiro atoms. The number of amides is 1. The number of hydrogen-bond donors (Lipinski definition) is 4. The summed E-state index contributed by atoms with van der Waals surface area (Å²) in [5.74, 6) is -10.1. The van der Waals surface area contributed by atoms with Gasteiger partial charge in [-0.25, -0.2) is 0 Å². The molecule has 1 aliphatic carbocycles. The Morgan fingerprint density at radius 3 is 2.09 bits per heavy atom. The molecule has 2 aromatic rings. The third-order valence-corrected chi connectivity index (χ3v) is 12.1. The predicted molar refractivity (Wildman–Crippen MR) is 236 cm³/mol. The highest BCUT2D eigenvalue weighted by molar-refractivity contribution is 6.33. The van der Waals surface area contributed by atoms with E-state index >= 15 is 9.59 Å². The molecule has 15 nitrogen and oxygen atoms in total. The number of anilines is 1. The van der Waals surface area contributed by atoms with E-state index in [1.807, 2.05) is 6.92 Å². The zero-order valence-corrected chi connectivity index (χ0v) is 38.7. The van der Waals surface area contributed by atoms with Crippen LogP contribution in [0.4, 0.5) is 5.69 Å². The van der Waals surface area contributed by atoms with E-state index in [-0.39, 0.29) is 33.9 Å². The molecule has 1 amide bonds. The van der Waals surface area contributed by atoms with Crippen molar-refractivity contribution in [1.29, 1.82) is 0 Å². The van der Waals surface area contributed by atoms with E-state index in [0.717, 1.165) is 5.56 Å². The highest BCUT2D eigenvalue weighted by atomic mass is 16.7. The summed E-state index contributed by atoms with van der Waals surface area (Å²) in [5, 5.41) is 28.6. The van der Waals surface area contributed by atoms with Crippen molar-refractivity contribution in [3.05, 3.63) is 99.6 Å². The summed E-state index contributed by atoms with van der Waals surface area (Å²) in [6, 6.07) is 6.89. The van der Waals surface area contributed by atoms with E-state index in [9.17, 15) is 29.4 Å². The Morgan fingerprint density at radius 2 is 1.50 bits per heavy atom. The van der Waals surface area contributed by atoms with Gasteiger partial charge in [-0.15, -0.1) is 0 Å². The van der Waals surface area contributed by atoms with E-state index in [2.05, 4.69) is 10.6 Å². The lowest BCUT2D eigenvalue weighted by atomic mass is 9.78. The number of carbonyl (C=O) groups is 6. The van der Waals surface area contributed by atoms with Crippen molar-refractivity contribution in [2.24, 2.45) is 29.1 Å². The van der Waals surface area contributed by atoms with Crippen molar-refractivity contribution in [3.8, 4) is 11.5 Å². The maximum Gasteiger partial charge on any atom is 0.316 e. The van der Waals surface area contributed by atoms with Gasteiger partial charge in [0.1, 0.15) is 29.0 Å². The van der Waals surface area contributed by atoms with E-state index in [4.69, 9.17) is 23.7 Å². The van der Waals surface area contributed by atoms with Crippen molar-refractivity contribution in [2.45, 2.75) is 113 Å². The van der Waals surface area contributed by atoms with E-state index in [1.54, 1.807) is 84.9 Å². The fraction of sp³-hybridized carbons (Fsp3) is 0.469. The maximum absolute atomic E-state index is 15.1. The quantitative estimate of drug-likeness (QED) is 0.184. The van der Waals surface area contributed by atoms with Gasteiger partial charge in [0.25, 0.3) is 11.7 Å². The number of carbonyl (C=O) groups excluding carboxylic acids is 6. The summed E-state index contributed by atoms with van der Waals surface area (Å²) in [7, 11) is 1.42. The monoisotopic (exact) mass is 884 g/mol. The summed E-state index contributed by atoms with van der Waals surface area (Å²) < 4.78 is 29.8. The average Bonchev–Trinajstić information content (AvgIpc) is 3.50. The van der Waals surface area contributed by atoms with Gasteiger partial charge < -0.3 is 44.5 Å². The lowest BCUT2D eigenvalue weighted by Crippen LogP contribution is -2.46. The van der Waals surface area contributed by atoms with Crippen molar-refractivity contribution in [2.75, 3.05) is 12.4 Å². The van der Waals surface area contributed by atoms with Crippen LogP contribution in [0.25, 0.3) is 0 Å². The van der Waals surface area contributed by atoms with Gasteiger partial charge in [-0.1, -0.05) is 63.6 Å². The van der Waals surface area contributed by atoms with E-state index < -0.39 is 111 Å². The first-order valence-electron chi connectivity index (χ1n) is 21.3. The van der Waals surface area contributed by atoms with Crippen LogP contribution in [-0.2, 0) is 28.6 Å². The van der Waals surface area contributed by atoms with Gasteiger partial charge in [-0.3, -0.25) is 28.8 Å². The topological polar surface area (TPSA) is 213 Å². The van der Waals surface area contributed by atoms with Gasteiger partial charge >= 0.3 is 17.7 Å². The number of Topliss-reactive ketones (excluding diaryl/α,β-unsaturated/α-hetero) is 3. The summed E-state index contributed by atoms with van der Waals surface area (Å²) in [6.45, 7) is 19.0.